The van der Waals surface area contributed by atoms with E-state index in [2.05, 4.69) is 43.5 Å². The number of hydrogen-bond donors (Lipinski definition) is 2. The van der Waals surface area contributed by atoms with Crippen molar-refractivity contribution in [3.8, 4) is 6.07 Å². The van der Waals surface area contributed by atoms with Gasteiger partial charge in [0.15, 0.2) is 0 Å². The minimum absolute atomic E-state index is 0. The zero-order valence-corrected chi connectivity index (χ0v) is 19.8. The van der Waals surface area contributed by atoms with Gasteiger partial charge < -0.3 is 20.4 Å². The van der Waals surface area contributed by atoms with Crippen LogP contribution in [0, 0.1) is 17.1 Å². The summed E-state index contributed by atoms with van der Waals surface area (Å²) in [6.07, 6.45) is 1.98. The van der Waals surface area contributed by atoms with Gasteiger partial charge in [0.1, 0.15) is 11.6 Å². The molecule has 0 bridgehead atoms. The van der Waals surface area contributed by atoms with Gasteiger partial charge in [0.2, 0.25) is 5.95 Å². The van der Waals surface area contributed by atoms with E-state index in [0.717, 1.165) is 37.4 Å². The lowest BCUT2D eigenvalue weighted by Crippen LogP contribution is -2.44. The molecule has 7 nitrogen and oxygen atoms in total. The Labute approximate surface area is 205 Å². The summed E-state index contributed by atoms with van der Waals surface area (Å²) in [7, 11) is 2.08. The summed E-state index contributed by atoms with van der Waals surface area (Å²) in [5.74, 6) is 0.698. The molecule has 1 saturated heterocycles. The summed E-state index contributed by atoms with van der Waals surface area (Å²) in [6.45, 7) is 3.47. The molecule has 0 radical (unpaired) electrons. The van der Waals surface area contributed by atoms with Crippen LogP contribution in [-0.2, 0) is 6.42 Å². The molecule has 1 aromatic heterocycles. The van der Waals surface area contributed by atoms with Gasteiger partial charge in [-0.25, -0.2) is 9.37 Å². The molecule has 2 N–H and O–H groups in total. The van der Waals surface area contributed by atoms with Crippen molar-refractivity contribution in [1.82, 2.24) is 14.9 Å². The molecule has 1 fully saturated rings. The van der Waals surface area contributed by atoms with Crippen molar-refractivity contribution in [2.24, 2.45) is 0 Å². The summed E-state index contributed by atoms with van der Waals surface area (Å²) in [5.41, 5.74) is 2.96. The Bertz CT molecular complexity index is 1100. The third-order valence-electron chi connectivity index (χ3n) is 5.19. The van der Waals surface area contributed by atoms with Gasteiger partial charge in [0, 0.05) is 43.8 Å². The molecule has 3 aromatic rings. The minimum Gasteiger partial charge on any atom is -0.367 e. The molecule has 4 rings (SSSR count). The van der Waals surface area contributed by atoms with E-state index in [9.17, 15) is 4.39 Å². The van der Waals surface area contributed by atoms with E-state index < -0.39 is 0 Å². The predicted octanol–water partition coefficient (Wildman–Crippen LogP) is 4.76. The molecule has 2 aromatic carbocycles. The number of aromatic nitrogens is 2. The second-order valence-electron chi connectivity index (χ2n) is 7.51. The van der Waals surface area contributed by atoms with Crippen LogP contribution in [0.2, 0.25) is 0 Å². The molecule has 0 aliphatic carbocycles. The molecule has 174 valence electrons. The molecule has 0 amide bonds. The van der Waals surface area contributed by atoms with E-state index in [4.69, 9.17) is 5.26 Å². The molecular formula is C23H26Cl2FN7. The highest BCUT2D eigenvalue weighted by Gasteiger charge is 2.17. The van der Waals surface area contributed by atoms with Crippen molar-refractivity contribution in [3.05, 3.63) is 66.1 Å². The van der Waals surface area contributed by atoms with Gasteiger partial charge in [0.25, 0.3) is 0 Å². The first-order valence-corrected chi connectivity index (χ1v) is 10.2. The molecule has 33 heavy (non-hydrogen) atoms. The second-order valence-corrected chi connectivity index (χ2v) is 7.51. The van der Waals surface area contributed by atoms with Crippen LogP contribution in [0.15, 0.2) is 54.7 Å². The summed E-state index contributed by atoms with van der Waals surface area (Å²) in [4.78, 5) is 13.0. The van der Waals surface area contributed by atoms with Gasteiger partial charge in [-0.05, 0) is 49.0 Å². The third-order valence-corrected chi connectivity index (χ3v) is 5.19. The number of likely N-dealkylation sites (N-methyl/N-ethyl adjacent to an activating group) is 1. The zero-order valence-electron chi connectivity index (χ0n) is 18.2. The molecule has 0 saturated carbocycles. The number of nitriles is 1. The highest BCUT2D eigenvalue weighted by atomic mass is 35.5. The van der Waals surface area contributed by atoms with Gasteiger partial charge in [-0.2, -0.15) is 10.2 Å². The monoisotopic (exact) mass is 489 g/mol. The normalized spacial score (nSPS) is 13.3. The lowest BCUT2D eigenvalue weighted by Gasteiger charge is -2.34. The van der Waals surface area contributed by atoms with Gasteiger partial charge in [0.05, 0.1) is 18.2 Å². The maximum atomic E-state index is 14.7. The van der Waals surface area contributed by atoms with E-state index in [1.54, 1.807) is 18.3 Å². The summed E-state index contributed by atoms with van der Waals surface area (Å²) in [5, 5.41) is 15.1. The fraction of sp³-hybridized carbons (Fsp3) is 0.261. The Morgan fingerprint density at radius 3 is 2.48 bits per heavy atom. The molecule has 1 aliphatic heterocycles. The van der Waals surface area contributed by atoms with E-state index in [1.807, 2.05) is 30.3 Å². The van der Waals surface area contributed by atoms with E-state index >= 15 is 0 Å². The van der Waals surface area contributed by atoms with Crippen molar-refractivity contribution in [2.45, 2.75) is 6.42 Å². The maximum Gasteiger partial charge on any atom is 0.229 e. The van der Waals surface area contributed by atoms with Crippen LogP contribution in [0.25, 0.3) is 0 Å². The lowest BCUT2D eigenvalue weighted by molar-refractivity contribution is 0.311. The Morgan fingerprint density at radius 1 is 1.00 bits per heavy atom. The van der Waals surface area contributed by atoms with Crippen molar-refractivity contribution in [3.63, 3.8) is 0 Å². The molecule has 10 heteroatoms. The Balaban J connectivity index is 0.00000193. The zero-order chi connectivity index (χ0) is 21.6. The van der Waals surface area contributed by atoms with Crippen LogP contribution in [0.3, 0.4) is 0 Å². The number of piperazine rings is 1. The number of hydrogen-bond acceptors (Lipinski definition) is 7. The van der Waals surface area contributed by atoms with Crippen molar-refractivity contribution < 1.29 is 4.39 Å². The van der Waals surface area contributed by atoms with Crippen LogP contribution >= 0.6 is 24.8 Å². The minimum atomic E-state index is -0.266. The first-order valence-electron chi connectivity index (χ1n) is 10.2. The van der Waals surface area contributed by atoms with Crippen LogP contribution in [0.4, 0.5) is 33.2 Å². The first kappa shape index (κ1) is 26.1. The van der Waals surface area contributed by atoms with Crippen molar-refractivity contribution >= 4 is 53.6 Å². The lowest BCUT2D eigenvalue weighted by atomic mass is 10.1. The molecular weight excluding hydrogens is 464 g/mol. The quantitative estimate of drug-likeness (QED) is 0.516. The third kappa shape index (κ3) is 6.93. The number of rotatable bonds is 6. The number of anilines is 5. The standard InChI is InChI=1S/C23H24FN7.2ClH/c1-30-11-13-31(14-12-30)21-6-5-19(16-20(21)24)28-23-26-10-8-22(29-23)27-18-4-2-3-17(15-18)7-9-25;;/h2-6,8,10,15-16H,7,11-14H2,1H3,(H2,26,27,28,29);2*1H. The Morgan fingerprint density at radius 2 is 1.76 bits per heavy atom. The van der Waals surface area contributed by atoms with Crippen LogP contribution in [0.5, 0.6) is 0 Å². The Hall–Kier alpha value is -3.12. The van der Waals surface area contributed by atoms with E-state index in [1.165, 1.54) is 6.07 Å². The van der Waals surface area contributed by atoms with Gasteiger partial charge in [-0.3, -0.25) is 0 Å². The summed E-state index contributed by atoms with van der Waals surface area (Å²) in [6, 6.07) is 16.6. The molecule has 0 atom stereocenters. The molecule has 0 spiro atoms. The van der Waals surface area contributed by atoms with Crippen LogP contribution in [0.1, 0.15) is 5.56 Å². The van der Waals surface area contributed by atoms with Gasteiger partial charge in [-0.15, -0.1) is 24.8 Å². The second kappa shape index (κ2) is 12.2. The van der Waals surface area contributed by atoms with Gasteiger partial charge >= 0.3 is 0 Å². The van der Waals surface area contributed by atoms with E-state index in [-0.39, 0.29) is 30.6 Å². The highest BCUT2D eigenvalue weighted by molar-refractivity contribution is 5.85. The van der Waals surface area contributed by atoms with Crippen LogP contribution < -0.4 is 15.5 Å². The Kier molecular flexibility index (Phi) is 9.67. The van der Waals surface area contributed by atoms with Crippen molar-refractivity contribution in [1.29, 1.82) is 5.26 Å². The SMILES string of the molecule is CN1CCN(c2ccc(Nc3nccc(Nc4cccc(CC#N)c4)n3)cc2F)CC1.Cl.Cl. The smallest absolute Gasteiger partial charge is 0.229 e. The average molecular weight is 490 g/mol. The highest BCUT2D eigenvalue weighted by Crippen LogP contribution is 2.25. The molecule has 2 heterocycles. The van der Waals surface area contributed by atoms with E-state index in [0.29, 0.717) is 29.6 Å². The first-order chi connectivity index (χ1) is 15.1. The summed E-state index contributed by atoms with van der Waals surface area (Å²) < 4.78 is 14.7. The fourth-order valence-electron chi connectivity index (χ4n) is 3.50. The number of benzene rings is 2. The number of nitrogens with zero attached hydrogens (tertiary/aromatic N) is 5. The number of nitrogens with one attached hydrogen (secondary N) is 2. The topological polar surface area (TPSA) is 80.1 Å². The maximum absolute atomic E-state index is 14.7. The summed E-state index contributed by atoms with van der Waals surface area (Å²) >= 11 is 0. The van der Waals surface area contributed by atoms with Crippen molar-refractivity contribution in [2.75, 3.05) is 48.8 Å². The molecule has 0 unspecified atom stereocenters. The predicted molar refractivity (Wildman–Crippen MR) is 135 cm³/mol. The fourth-order valence-corrected chi connectivity index (χ4v) is 3.50. The average Bonchev–Trinajstić information content (AvgIpc) is 2.76. The largest absolute Gasteiger partial charge is 0.367 e. The van der Waals surface area contributed by atoms with Crippen LogP contribution in [-0.4, -0.2) is 48.1 Å². The van der Waals surface area contributed by atoms with Gasteiger partial charge in [-0.1, -0.05) is 12.1 Å². The molecule has 1 aliphatic rings. The number of halogens is 3.